The molecule has 5 heteroatoms. The predicted octanol–water partition coefficient (Wildman–Crippen LogP) is 2.05. The fourth-order valence-electron chi connectivity index (χ4n) is 2.15. The Labute approximate surface area is 124 Å². The van der Waals surface area contributed by atoms with Crippen molar-refractivity contribution in [2.24, 2.45) is 5.73 Å². The minimum atomic E-state index is -0.0748. The van der Waals surface area contributed by atoms with Crippen LogP contribution >= 0.6 is 11.8 Å². The summed E-state index contributed by atoms with van der Waals surface area (Å²) < 4.78 is 5.27. The minimum absolute atomic E-state index is 0.0430. The number of benzene rings is 1. The number of morpholine rings is 1. The lowest BCUT2D eigenvalue weighted by Gasteiger charge is -2.29. The zero-order valence-corrected chi connectivity index (χ0v) is 12.9. The van der Waals surface area contributed by atoms with Crippen LogP contribution in [0.4, 0.5) is 0 Å². The molecule has 0 aromatic heterocycles. The Morgan fingerprint density at radius 3 is 2.40 bits per heavy atom. The van der Waals surface area contributed by atoms with Crippen molar-refractivity contribution in [2.45, 2.75) is 30.0 Å². The highest BCUT2D eigenvalue weighted by Crippen LogP contribution is 2.26. The van der Waals surface area contributed by atoms with Gasteiger partial charge in [0.1, 0.15) is 0 Å². The number of amides is 1. The highest BCUT2D eigenvalue weighted by atomic mass is 32.2. The van der Waals surface area contributed by atoms with E-state index in [2.05, 4.69) is 0 Å². The smallest absolute Gasteiger partial charge is 0.235 e. The summed E-state index contributed by atoms with van der Waals surface area (Å²) >= 11 is 1.59. The molecule has 110 valence electrons. The van der Waals surface area contributed by atoms with Crippen LogP contribution in [0.1, 0.15) is 25.5 Å². The van der Waals surface area contributed by atoms with Crippen LogP contribution in [0.25, 0.3) is 0 Å². The van der Waals surface area contributed by atoms with Crippen LogP contribution in [0.5, 0.6) is 0 Å². The van der Waals surface area contributed by atoms with Gasteiger partial charge in [-0.1, -0.05) is 12.1 Å². The highest BCUT2D eigenvalue weighted by Gasteiger charge is 2.23. The quantitative estimate of drug-likeness (QED) is 0.864. The molecule has 2 N–H and O–H groups in total. The molecule has 1 amide bonds. The van der Waals surface area contributed by atoms with Gasteiger partial charge in [0, 0.05) is 24.0 Å². The van der Waals surface area contributed by atoms with Crippen LogP contribution in [0.2, 0.25) is 0 Å². The topological polar surface area (TPSA) is 55.6 Å². The largest absolute Gasteiger partial charge is 0.378 e. The average molecular weight is 294 g/mol. The maximum atomic E-state index is 12.3. The van der Waals surface area contributed by atoms with Gasteiger partial charge < -0.3 is 15.4 Å². The van der Waals surface area contributed by atoms with E-state index in [4.69, 9.17) is 10.5 Å². The van der Waals surface area contributed by atoms with Gasteiger partial charge >= 0.3 is 0 Å². The van der Waals surface area contributed by atoms with Gasteiger partial charge in [-0.15, -0.1) is 11.8 Å². The molecule has 0 spiro atoms. The second-order valence-electron chi connectivity index (χ2n) is 5.06. The van der Waals surface area contributed by atoms with Crippen LogP contribution in [0.3, 0.4) is 0 Å². The summed E-state index contributed by atoms with van der Waals surface area (Å²) in [6.45, 7) is 6.62. The number of ether oxygens (including phenoxy) is 1. The number of carbonyl (C=O) groups is 1. The Hall–Kier alpha value is -1.04. The van der Waals surface area contributed by atoms with Crippen molar-refractivity contribution >= 4 is 17.7 Å². The van der Waals surface area contributed by atoms with Crippen LogP contribution < -0.4 is 5.73 Å². The Morgan fingerprint density at radius 1 is 1.25 bits per heavy atom. The van der Waals surface area contributed by atoms with Crippen molar-refractivity contribution in [2.75, 3.05) is 26.3 Å². The van der Waals surface area contributed by atoms with Gasteiger partial charge in [0.15, 0.2) is 0 Å². The van der Waals surface area contributed by atoms with Gasteiger partial charge in [-0.3, -0.25) is 4.79 Å². The van der Waals surface area contributed by atoms with Crippen molar-refractivity contribution in [1.82, 2.24) is 4.90 Å². The van der Waals surface area contributed by atoms with E-state index in [1.54, 1.807) is 11.8 Å². The number of hydrogen-bond donors (Lipinski definition) is 1. The van der Waals surface area contributed by atoms with Gasteiger partial charge in [-0.25, -0.2) is 0 Å². The summed E-state index contributed by atoms with van der Waals surface area (Å²) in [5.41, 5.74) is 6.94. The first kappa shape index (κ1) is 15.4. The fraction of sp³-hybridized carbons (Fsp3) is 0.533. The fourth-order valence-corrected chi connectivity index (χ4v) is 3.10. The molecule has 2 atom stereocenters. The predicted molar refractivity (Wildman–Crippen MR) is 81.8 cm³/mol. The number of hydrogen-bond acceptors (Lipinski definition) is 4. The maximum absolute atomic E-state index is 12.3. The SMILES string of the molecule is CC(Sc1ccc(C(C)N)cc1)C(=O)N1CCOCC1. The monoisotopic (exact) mass is 294 g/mol. The van der Waals surface area contributed by atoms with Crippen molar-refractivity contribution in [3.05, 3.63) is 29.8 Å². The van der Waals surface area contributed by atoms with Gasteiger partial charge in [-0.05, 0) is 31.5 Å². The van der Waals surface area contributed by atoms with Gasteiger partial charge in [0.2, 0.25) is 5.91 Å². The zero-order chi connectivity index (χ0) is 14.5. The Morgan fingerprint density at radius 2 is 1.85 bits per heavy atom. The standard InChI is InChI=1S/C15H22N2O2S/c1-11(16)13-3-5-14(6-4-13)20-12(2)15(18)17-7-9-19-10-8-17/h3-6,11-12H,7-10,16H2,1-2H3. The molecular weight excluding hydrogens is 272 g/mol. The molecule has 0 aliphatic carbocycles. The van der Waals surface area contributed by atoms with E-state index in [9.17, 15) is 4.79 Å². The van der Waals surface area contributed by atoms with Crippen LogP contribution in [-0.2, 0) is 9.53 Å². The first-order chi connectivity index (χ1) is 9.58. The molecule has 1 heterocycles. The molecule has 1 saturated heterocycles. The molecular formula is C15H22N2O2S. The molecule has 20 heavy (non-hydrogen) atoms. The zero-order valence-electron chi connectivity index (χ0n) is 12.0. The molecule has 1 aromatic rings. The Bertz CT molecular complexity index is 442. The molecule has 1 fully saturated rings. The van der Waals surface area contributed by atoms with E-state index in [0.717, 1.165) is 10.5 Å². The lowest BCUT2D eigenvalue weighted by Crippen LogP contribution is -2.44. The van der Waals surface area contributed by atoms with E-state index < -0.39 is 0 Å². The number of nitrogens with zero attached hydrogens (tertiary/aromatic N) is 1. The Kier molecular flexibility index (Phi) is 5.46. The molecule has 1 aromatic carbocycles. The van der Waals surface area contributed by atoms with E-state index in [1.807, 2.05) is 43.0 Å². The Balaban J connectivity index is 1.92. The molecule has 1 aliphatic rings. The summed E-state index contributed by atoms with van der Waals surface area (Å²) in [7, 11) is 0. The summed E-state index contributed by atoms with van der Waals surface area (Å²) in [5, 5.41) is -0.0748. The van der Waals surface area contributed by atoms with Gasteiger partial charge in [0.25, 0.3) is 0 Å². The second-order valence-corrected chi connectivity index (χ2v) is 6.47. The summed E-state index contributed by atoms with van der Waals surface area (Å²) in [6.07, 6.45) is 0. The second kappa shape index (κ2) is 7.11. The normalized spacial score (nSPS) is 18.6. The summed E-state index contributed by atoms with van der Waals surface area (Å²) in [6, 6.07) is 8.16. The van der Waals surface area contributed by atoms with E-state index in [0.29, 0.717) is 26.3 Å². The third kappa shape index (κ3) is 3.98. The molecule has 2 unspecified atom stereocenters. The lowest BCUT2D eigenvalue weighted by atomic mass is 10.1. The van der Waals surface area contributed by atoms with Crippen molar-refractivity contribution in [1.29, 1.82) is 0 Å². The number of rotatable bonds is 4. The first-order valence-corrected chi connectivity index (χ1v) is 7.84. The van der Waals surface area contributed by atoms with Gasteiger partial charge in [0.05, 0.1) is 18.5 Å². The molecule has 2 rings (SSSR count). The summed E-state index contributed by atoms with van der Waals surface area (Å²) in [4.78, 5) is 15.3. The van der Waals surface area contributed by atoms with Crippen molar-refractivity contribution in [3.63, 3.8) is 0 Å². The van der Waals surface area contributed by atoms with Gasteiger partial charge in [-0.2, -0.15) is 0 Å². The molecule has 0 radical (unpaired) electrons. The van der Waals surface area contributed by atoms with Crippen LogP contribution in [-0.4, -0.2) is 42.4 Å². The van der Waals surface area contributed by atoms with E-state index in [1.165, 1.54) is 0 Å². The number of thioether (sulfide) groups is 1. The lowest BCUT2D eigenvalue weighted by molar-refractivity contribution is -0.134. The van der Waals surface area contributed by atoms with Crippen LogP contribution in [0.15, 0.2) is 29.2 Å². The average Bonchev–Trinajstić information content (AvgIpc) is 2.48. The minimum Gasteiger partial charge on any atom is -0.378 e. The highest BCUT2D eigenvalue weighted by molar-refractivity contribution is 8.00. The van der Waals surface area contributed by atoms with Crippen molar-refractivity contribution < 1.29 is 9.53 Å². The first-order valence-electron chi connectivity index (χ1n) is 6.96. The van der Waals surface area contributed by atoms with E-state index in [-0.39, 0.29) is 17.2 Å². The molecule has 0 saturated carbocycles. The third-order valence-corrected chi connectivity index (χ3v) is 4.49. The number of nitrogens with two attached hydrogens (primary N) is 1. The molecule has 4 nitrogen and oxygen atoms in total. The van der Waals surface area contributed by atoms with Crippen molar-refractivity contribution in [3.8, 4) is 0 Å². The third-order valence-electron chi connectivity index (χ3n) is 3.39. The molecule has 1 aliphatic heterocycles. The van der Waals surface area contributed by atoms with E-state index >= 15 is 0 Å². The maximum Gasteiger partial charge on any atom is 0.235 e. The summed E-state index contributed by atoms with van der Waals surface area (Å²) in [5.74, 6) is 0.189. The van der Waals surface area contributed by atoms with Crippen LogP contribution in [0, 0.1) is 0 Å². The number of carbonyl (C=O) groups excluding carboxylic acids is 1. The molecule has 0 bridgehead atoms.